The van der Waals surface area contributed by atoms with E-state index in [-0.39, 0.29) is 10.6 Å². The number of esters is 1. The molecule has 0 atom stereocenters. The molecule has 0 radical (unpaired) electrons. The first-order chi connectivity index (χ1) is 15.5. The predicted molar refractivity (Wildman–Crippen MR) is 116 cm³/mol. The largest absolute Gasteiger partial charge is 0.452 e. The van der Waals surface area contributed by atoms with Gasteiger partial charge in [0, 0.05) is 17.0 Å². The quantitative estimate of drug-likeness (QED) is 0.409. The second-order valence-electron chi connectivity index (χ2n) is 6.85. The Kier molecular flexibility index (Phi) is 8.74. The summed E-state index contributed by atoms with van der Waals surface area (Å²) < 4.78 is 41.3. The Labute approximate surface area is 190 Å². The fraction of sp³-hybridized carbons (Fsp3) is 0.238. The first-order valence-electron chi connectivity index (χ1n) is 9.40. The van der Waals surface area contributed by atoms with E-state index < -0.39 is 43.1 Å². The van der Waals surface area contributed by atoms with Gasteiger partial charge in [0.25, 0.3) is 5.91 Å². The van der Waals surface area contributed by atoms with Crippen LogP contribution in [0.1, 0.15) is 24.2 Å². The molecule has 1 heterocycles. The summed E-state index contributed by atoms with van der Waals surface area (Å²) in [6, 6.07) is 7.35. The topological polar surface area (TPSA) is 114 Å². The van der Waals surface area contributed by atoms with Crippen molar-refractivity contribution in [2.45, 2.75) is 20.0 Å². The van der Waals surface area contributed by atoms with Gasteiger partial charge in [-0.1, -0.05) is 35.9 Å². The molecule has 0 saturated heterocycles. The van der Waals surface area contributed by atoms with Crippen molar-refractivity contribution in [1.29, 1.82) is 0 Å². The smallest absolute Gasteiger partial charge is 0.405 e. The second kappa shape index (κ2) is 11.3. The Balaban J connectivity index is 2.14. The van der Waals surface area contributed by atoms with Crippen LogP contribution >= 0.6 is 11.3 Å². The van der Waals surface area contributed by atoms with Gasteiger partial charge in [-0.05, 0) is 19.4 Å². The third kappa shape index (κ3) is 8.41. The second-order valence-corrected chi connectivity index (χ2v) is 7.73. The number of thiophene rings is 1. The number of alkyl halides is 3. The Bertz CT molecular complexity index is 1060. The van der Waals surface area contributed by atoms with Crippen molar-refractivity contribution in [2.75, 3.05) is 18.5 Å². The van der Waals surface area contributed by atoms with E-state index >= 15 is 0 Å². The van der Waals surface area contributed by atoms with Gasteiger partial charge in [-0.2, -0.15) is 13.2 Å². The molecule has 33 heavy (non-hydrogen) atoms. The van der Waals surface area contributed by atoms with Crippen LogP contribution in [0.5, 0.6) is 0 Å². The highest BCUT2D eigenvalue weighted by Crippen LogP contribution is 2.36. The number of hydrogen-bond acceptors (Lipinski definition) is 6. The number of carbonyl (C=O) groups excluding carboxylic acids is 4. The number of halogens is 3. The maximum Gasteiger partial charge on any atom is 0.405 e. The molecule has 0 aliphatic heterocycles. The molecule has 8 nitrogen and oxygen atoms in total. The summed E-state index contributed by atoms with van der Waals surface area (Å²) in [5.74, 6) is -2.56. The molecular formula is C21H20F3N3O5S. The first-order valence-corrected chi connectivity index (χ1v) is 10.3. The summed E-state index contributed by atoms with van der Waals surface area (Å²) >= 11 is 1.08. The van der Waals surface area contributed by atoms with E-state index in [1.165, 1.54) is 11.4 Å². The van der Waals surface area contributed by atoms with Crippen molar-refractivity contribution < 1.29 is 37.1 Å². The third-order valence-electron chi connectivity index (χ3n) is 3.77. The Hall–Kier alpha value is -3.67. The standard InChI is InChI=1S/C21H20F3N3O5S/c1-12(2)8-15(28)26-18-17(14(10-33-18)13-6-4-3-5-7-13)19(30)32-9-16(29)27-20(31)25-11-21(22,23)24/h3-8,10H,9,11H2,1-2H3,(H,26,28)(H2,25,27,29,31). The van der Waals surface area contributed by atoms with E-state index in [1.54, 1.807) is 54.9 Å². The van der Waals surface area contributed by atoms with Crippen LogP contribution in [-0.4, -0.2) is 43.1 Å². The van der Waals surface area contributed by atoms with Gasteiger partial charge in [0.05, 0.1) is 0 Å². The first kappa shape index (κ1) is 25.6. The molecule has 0 saturated carbocycles. The number of urea groups is 1. The van der Waals surface area contributed by atoms with Crippen LogP contribution in [0.25, 0.3) is 11.1 Å². The van der Waals surface area contributed by atoms with Gasteiger partial charge in [0.1, 0.15) is 17.1 Å². The molecule has 12 heteroatoms. The molecule has 0 unspecified atom stereocenters. The normalized spacial score (nSPS) is 10.7. The van der Waals surface area contributed by atoms with Crippen molar-refractivity contribution in [2.24, 2.45) is 0 Å². The van der Waals surface area contributed by atoms with Crippen LogP contribution < -0.4 is 16.0 Å². The highest BCUT2D eigenvalue weighted by Gasteiger charge is 2.28. The van der Waals surface area contributed by atoms with Crippen LogP contribution in [0, 0.1) is 0 Å². The van der Waals surface area contributed by atoms with E-state index in [2.05, 4.69) is 5.32 Å². The minimum absolute atomic E-state index is 0.00368. The number of nitrogens with one attached hydrogen (secondary N) is 3. The molecule has 1 aromatic carbocycles. The van der Waals surface area contributed by atoms with E-state index in [0.29, 0.717) is 11.1 Å². The van der Waals surface area contributed by atoms with Crippen LogP contribution in [0.15, 0.2) is 47.4 Å². The molecule has 0 fully saturated rings. The Morgan fingerprint density at radius 1 is 1.09 bits per heavy atom. The van der Waals surface area contributed by atoms with Gasteiger partial charge >= 0.3 is 18.2 Å². The number of amides is 4. The highest BCUT2D eigenvalue weighted by molar-refractivity contribution is 7.15. The maximum atomic E-state index is 12.8. The number of imide groups is 1. The lowest BCUT2D eigenvalue weighted by Crippen LogP contribution is -2.44. The van der Waals surface area contributed by atoms with Crippen LogP contribution in [0.3, 0.4) is 0 Å². The van der Waals surface area contributed by atoms with Crippen LogP contribution in [0.2, 0.25) is 0 Å². The predicted octanol–water partition coefficient (Wildman–Crippen LogP) is 3.86. The van der Waals surface area contributed by atoms with Gasteiger partial charge in [-0.3, -0.25) is 14.9 Å². The van der Waals surface area contributed by atoms with Gasteiger partial charge < -0.3 is 15.4 Å². The number of carbonyl (C=O) groups is 4. The summed E-state index contributed by atoms with van der Waals surface area (Å²) in [6.07, 6.45) is -3.31. The number of anilines is 1. The number of allylic oxidation sites excluding steroid dienone is 1. The Morgan fingerprint density at radius 3 is 2.36 bits per heavy atom. The molecule has 0 spiro atoms. The average Bonchev–Trinajstić information content (AvgIpc) is 3.13. The Morgan fingerprint density at radius 2 is 1.76 bits per heavy atom. The van der Waals surface area contributed by atoms with Crippen molar-refractivity contribution in [1.82, 2.24) is 10.6 Å². The fourth-order valence-corrected chi connectivity index (χ4v) is 3.44. The maximum absolute atomic E-state index is 12.8. The lowest BCUT2D eigenvalue weighted by Gasteiger charge is -2.10. The molecule has 0 bridgehead atoms. The zero-order chi connectivity index (χ0) is 24.6. The van der Waals surface area contributed by atoms with Crippen molar-refractivity contribution in [3.05, 3.63) is 52.9 Å². The van der Waals surface area contributed by atoms with Crippen molar-refractivity contribution >= 4 is 40.2 Å². The zero-order valence-electron chi connectivity index (χ0n) is 17.5. The van der Waals surface area contributed by atoms with Crippen LogP contribution in [-0.2, 0) is 14.3 Å². The van der Waals surface area contributed by atoms with Gasteiger partial charge in [0.15, 0.2) is 6.61 Å². The molecule has 3 N–H and O–H groups in total. The highest BCUT2D eigenvalue weighted by atomic mass is 32.1. The number of rotatable bonds is 7. The molecule has 2 rings (SSSR count). The summed E-state index contributed by atoms with van der Waals surface area (Å²) in [5.41, 5.74) is 1.83. The summed E-state index contributed by atoms with van der Waals surface area (Å²) in [6.45, 7) is 0.893. The van der Waals surface area contributed by atoms with E-state index in [4.69, 9.17) is 4.74 Å². The van der Waals surface area contributed by atoms with E-state index in [9.17, 15) is 32.3 Å². The summed E-state index contributed by atoms with van der Waals surface area (Å²) in [7, 11) is 0. The number of hydrogen-bond donors (Lipinski definition) is 3. The lowest BCUT2D eigenvalue weighted by molar-refractivity contribution is -0.125. The zero-order valence-corrected chi connectivity index (χ0v) is 18.4. The molecule has 0 aliphatic rings. The molecule has 1 aromatic heterocycles. The van der Waals surface area contributed by atoms with Gasteiger partial charge in [-0.15, -0.1) is 11.3 Å². The number of benzene rings is 1. The fourth-order valence-electron chi connectivity index (χ4n) is 2.48. The molecule has 4 amide bonds. The SMILES string of the molecule is CC(C)=CC(=O)Nc1scc(-c2ccccc2)c1C(=O)OCC(=O)NC(=O)NCC(F)(F)F. The average molecular weight is 483 g/mol. The lowest BCUT2D eigenvalue weighted by atomic mass is 10.0. The van der Waals surface area contributed by atoms with Crippen LogP contribution in [0.4, 0.5) is 23.0 Å². The van der Waals surface area contributed by atoms with E-state index in [0.717, 1.165) is 16.9 Å². The minimum atomic E-state index is -4.65. The van der Waals surface area contributed by atoms with E-state index in [1.807, 2.05) is 0 Å². The van der Waals surface area contributed by atoms with Gasteiger partial charge in [0.2, 0.25) is 5.91 Å². The molecule has 2 aromatic rings. The number of ether oxygens (including phenoxy) is 1. The monoisotopic (exact) mass is 483 g/mol. The van der Waals surface area contributed by atoms with Crippen molar-refractivity contribution in [3.8, 4) is 11.1 Å². The molecule has 0 aliphatic carbocycles. The molecule has 176 valence electrons. The van der Waals surface area contributed by atoms with Crippen molar-refractivity contribution in [3.63, 3.8) is 0 Å². The molecular weight excluding hydrogens is 463 g/mol. The summed E-state index contributed by atoms with van der Waals surface area (Å²) in [4.78, 5) is 48.0. The summed E-state index contributed by atoms with van der Waals surface area (Å²) in [5, 5.41) is 7.50. The van der Waals surface area contributed by atoms with Gasteiger partial charge in [-0.25, -0.2) is 9.59 Å². The third-order valence-corrected chi connectivity index (χ3v) is 4.67. The minimum Gasteiger partial charge on any atom is -0.452 e.